The second kappa shape index (κ2) is 6.77. The molecule has 0 spiro atoms. The molecule has 3 N–H and O–H groups in total. The predicted octanol–water partition coefficient (Wildman–Crippen LogP) is 1.41. The van der Waals surface area contributed by atoms with Gasteiger partial charge in [0.05, 0.1) is 0 Å². The van der Waals surface area contributed by atoms with Gasteiger partial charge in [-0.3, -0.25) is 9.59 Å². The Hall–Kier alpha value is -1.10. The van der Waals surface area contributed by atoms with Gasteiger partial charge in [-0.2, -0.15) is 0 Å². The van der Waals surface area contributed by atoms with Crippen LogP contribution in [0.25, 0.3) is 0 Å². The van der Waals surface area contributed by atoms with E-state index in [9.17, 15) is 9.59 Å². The first-order chi connectivity index (χ1) is 9.94. The molecule has 1 aliphatic carbocycles. The second-order valence-corrected chi connectivity index (χ2v) is 6.81. The Labute approximate surface area is 127 Å². The highest BCUT2D eigenvalue weighted by molar-refractivity contribution is 5.91. The summed E-state index contributed by atoms with van der Waals surface area (Å²) >= 11 is 0. The first-order valence-electron chi connectivity index (χ1n) is 8.28. The number of amides is 2. The van der Waals surface area contributed by atoms with Crippen LogP contribution in [0, 0.1) is 5.92 Å². The Morgan fingerprint density at radius 2 is 1.76 bits per heavy atom. The largest absolute Gasteiger partial charge is 0.342 e. The van der Waals surface area contributed by atoms with E-state index in [1.54, 1.807) is 0 Å². The van der Waals surface area contributed by atoms with Crippen LogP contribution in [0.3, 0.4) is 0 Å². The monoisotopic (exact) mass is 295 g/mol. The van der Waals surface area contributed by atoms with Crippen LogP contribution in [-0.4, -0.2) is 41.4 Å². The Kier molecular flexibility index (Phi) is 5.25. The molecule has 5 nitrogen and oxygen atoms in total. The SMILES string of the molecule is CC(=O)NC1(C(=O)N2CCC(C(C)N)CC2)CCCCC1. The van der Waals surface area contributed by atoms with Gasteiger partial charge in [-0.1, -0.05) is 19.3 Å². The molecule has 1 unspecified atom stereocenters. The lowest BCUT2D eigenvalue weighted by atomic mass is 9.79. The molecule has 21 heavy (non-hydrogen) atoms. The number of piperidine rings is 1. The Morgan fingerprint density at radius 1 is 1.19 bits per heavy atom. The minimum atomic E-state index is -0.648. The van der Waals surface area contributed by atoms with Crippen LogP contribution in [0.1, 0.15) is 58.8 Å². The minimum absolute atomic E-state index is 0.101. The van der Waals surface area contributed by atoms with Crippen LogP contribution in [0.15, 0.2) is 0 Å². The van der Waals surface area contributed by atoms with Crippen LogP contribution >= 0.6 is 0 Å². The first kappa shape index (κ1) is 16.3. The molecule has 1 saturated carbocycles. The molecule has 0 aromatic carbocycles. The smallest absolute Gasteiger partial charge is 0.248 e. The topological polar surface area (TPSA) is 75.4 Å². The molecular weight excluding hydrogens is 266 g/mol. The summed E-state index contributed by atoms with van der Waals surface area (Å²) in [5, 5.41) is 2.97. The van der Waals surface area contributed by atoms with Gasteiger partial charge >= 0.3 is 0 Å². The van der Waals surface area contributed by atoms with Gasteiger partial charge < -0.3 is 16.0 Å². The summed E-state index contributed by atoms with van der Waals surface area (Å²) in [5.41, 5.74) is 5.32. The fraction of sp³-hybridized carbons (Fsp3) is 0.875. The highest BCUT2D eigenvalue weighted by Gasteiger charge is 2.43. The number of hydrogen-bond acceptors (Lipinski definition) is 3. The van der Waals surface area contributed by atoms with E-state index in [0.29, 0.717) is 5.92 Å². The number of nitrogens with two attached hydrogens (primary N) is 1. The maximum atomic E-state index is 13.0. The zero-order valence-corrected chi connectivity index (χ0v) is 13.4. The summed E-state index contributed by atoms with van der Waals surface area (Å²) in [6.07, 6.45) is 6.68. The lowest BCUT2D eigenvalue weighted by Gasteiger charge is -2.42. The molecule has 2 fully saturated rings. The van der Waals surface area contributed by atoms with Crippen molar-refractivity contribution in [1.82, 2.24) is 10.2 Å². The van der Waals surface area contributed by atoms with Gasteiger partial charge in [-0.05, 0) is 38.5 Å². The standard InChI is InChI=1S/C16H29N3O2/c1-12(17)14-6-10-19(11-7-14)15(21)16(18-13(2)20)8-4-3-5-9-16/h12,14H,3-11,17H2,1-2H3,(H,18,20). The Bertz CT molecular complexity index is 381. The van der Waals surface area contributed by atoms with E-state index in [1.165, 1.54) is 6.92 Å². The van der Waals surface area contributed by atoms with E-state index in [4.69, 9.17) is 5.73 Å². The van der Waals surface area contributed by atoms with Crippen molar-refractivity contribution >= 4 is 11.8 Å². The molecule has 2 amide bonds. The van der Waals surface area contributed by atoms with Crippen molar-refractivity contribution < 1.29 is 9.59 Å². The van der Waals surface area contributed by atoms with Crippen LogP contribution in [0.5, 0.6) is 0 Å². The molecular formula is C16H29N3O2. The number of nitrogens with one attached hydrogen (secondary N) is 1. The van der Waals surface area contributed by atoms with E-state index in [-0.39, 0.29) is 17.9 Å². The summed E-state index contributed by atoms with van der Waals surface area (Å²) in [6, 6.07) is 0.196. The molecule has 2 rings (SSSR count). The van der Waals surface area contributed by atoms with Gasteiger partial charge in [-0.15, -0.1) is 0 Å². The predicted molar refractivity (Wildman–Crippen MR) is 82.6 cm³/mol. The average Bonchev–Trinajstić information content (AvgIpc) is 2.47. The summed E-state index contributed by atoms with van der Waals surface area (Å²) < 4.78 is 0. The van der Waals surface area contributed by atoms with E-state index < -0.39 is 5.54 Å². The second-order valence-electron chi connectivity index (χ2n) is 6.81. The average molecular weight is 295 g/mol. The van der Waals surface area contributed by atoms with Crippen molar-refractivity contribution in [3.05, 3.63) is 0 Å². The molecule has 0 aromatic heterocycles. The van der Waals surface area contributed by atoms with Crippen molar-refractivity contribution in [2.45, 2.75) is 70.4 Å². The molecule has 2 aliphatic rings. The zero-order chi connectivity index (χ0) is 15.5. The van der Waals surface area contributed by atoms with Crippen LogP contribution in [-0.2, 0) is 9.59 Å². The number of nitrogens with zero attached hydrogens (tertiary/aromatic N) is 1. The number of likely N-dealkylation sites (tertiary alicyclic amines) is 1. The molecule has 1 heterocycles. The molecule has 0 aromatic rings. The Balaban J connectivity index is 2.03. The van der Waals surface area contributed by atoms with Crippen LogP contribution in [0.4, 0.5) is 0 Å². The van der Waals surface area contributed by atoms with Crippen molar-refractivity contribution in [1.29, 1.82) is 0 Å². The number of rotatable bonds is 3. The molecule has 0 radical (unpaired) electrons. The summed E-state index contributed by atoms with van der Waals surface area (Å²) in [4.78, 5) is 26.5. The van der Waals surface area contributed by atoms with Gasteiger partial charge in [0.2, 0.25) is 11.8 Å². The van der Waals surface area contributed by atoms with Gasteiger partial charge in [0.15, 0.2) is 0 Å². The van der Waals surface area contributed by atoms with Gasteiger partial charge in [0.1, 0.15) is 5.54 Å². The molecule has 1 atom stereocenters. The lowest BCUT2D eigenvalue weighted by Crippen LogP contribution is -2.61. The highest BCUT2D eigenvalue weighted by Crippen LogP contribution is 2.31. The van der Waals surface area contributed by atoms with E-state index in [0.717, 1.165) is 58.0 Å². The van der Waals surface area contributed by atoms with Crippen molar-refractivity contribution in [3.63, 3.8) is 0 Å². The lowest BCUT2D eigenvalue weighted by molar-refractivity contribution is -0.144. The molecule has 1 aliphatic heterocycles. The van der Waals surface area contributed by atoms with Crippen LogP contribution in [0.2, 0.25) is 0 Å². The number of carbonyl (C=O) groups excluding carboxylic acids is 2. The zero-order valence-electron chi connectivity index (χ0n) is 13.4. The van der Waals surface area contributed by atoms with E-state index in [1.807, 2.05) is 11.8 Å². The summed E-state index contributed by atoms with van der Waals surface area (Å²) in [6.45, 7) is 5.09. The number of hydrogen-bond donors (Lipinski definition) is 2. The summed E-state index contributed by atoms with van der Waals surface area (Å²) in [7, 11) is 0. The molecule has 5 heteroatoms. The molecule has 120 valence electrons. The van der Waals surface area contributed by atoms with Gasteiger partial charge in [0.25, 0.3) is 0 Å². The van der Waals surface area contributed by atoms with Crippen LogP contribution < -0.4 is 11.1 Å². The number of carbonyl (C=O) groups is 2. The quantitative estimate of drug-likeness (QED) is 0.826. The third kappa shape index (κ3) is 3.76. The van der Waals surface area contributed by atoms with Gasteiger partial charge in [-0.25, -0.2) is 0 Å². The third-order valence-electron chi connectivity index (χ3n) is 5.10. The maximum absolute atomic E-state index is 13.0. The highest BCUT2D eigenvalue weighted by atomic mass is 16.2. The molecule has 0 bridgehead atoms. The van der Waals surface area contributed by atoms with Crippen molar-refractivity contribution in [3.8, 4) is 0 Å². The molecule has 1 saturated heterocycles. The summed E-state index contributed by atoms with van der Waals surface area (Å²) in [5.74, 6) is 0.536. The normalized spacial score (nSPS) is 24.4. The Morgan fingerprint density at radius 3 is 2.24 bits per heavy atom. The maximum Gasteiger partial charge on any atom is 0.248 e. The van der Waals surface area contributed by atoms with Gasteiger partial charge in [0, 0.05) is 26.1 Å². The first-order valence-corrected chi connectivity index (χ1v) is 8.28. The fourth-order valence-electron chi connectivity index (χ4n) is 3.82. The van der Waals surface area contributed by atoms with Crippen molar-refractivity contribution in [2.24, 2.45) is 11.7 Å². The van der Waals surface area contributed by atoms with E-state index >= 15 is 0 Å². The van der Waals surface area contributed by atoms with Crippen molar-refractivity contribution in [2.75, 3.05) is 13.1 Å². The minimum Gasteiger partial charge on any atom is -0.342 e. The fourth-order valence-corrected chi connectivity index (χ4v) is 3.82. The van der Waals surface area contributed by atoms with E-state index in [2.05, 4.69) is 5.32 Å². The third-order valence-corrected chi connectivity index (χ3v) is 5.10.